The molecule has 0 aliphatic carbocycles. The molecule has 0 spiro atoms. The van der Waals surface area contributed by atoms with Crippen molar-refractivity contribution in [3.05, 3.63) is 0 Å². The minimum absolute atomic E-state index is 0.0147. The molecule has 0 saturated carbocycles. The lowest BCUT2D eigenvalue weighted by Crippen LogP contribution is -2.38. The number of likely N-dealkylation sites (N-methyl/N-ethyl adjacent to an activating group) is 1. The van der Waals surface area contributed by atoms with Crippen molar-refractivity contribution in [1.82, 2.24) is 5.32 Å². The van der Waals surface area contributed by atoms with Crippen LogP contribution in [0.3, 0.4) is 0 Å². The van der Waals surface area contributed by atoms with E-state index in [0.717, 1.165) is 12.8 Å². The molecule has 1 atom stereocenters. The van der Waals surface area contributed by atoms with Crippen LogP contribution in [-0.2, 0) is 9.53 Å². The van der Waals surface area contributed by atoms with Gasteiger partial charge < -0.3 is 10.1 Å². The summed E-state index contributed by atoms with van der Waals surface area (Å²) >= 11 is 0. The molecular weight excluding hydrogens is 190 g/mol. The van der Waals surface area contributed by atoms with Gasteiger partial charge in [-0.25, -0.2) is 0 Å². The lowest BCUT2D eigenvalue weighted by atomic mass is 9.89. The molecule has 0 aliphatic rings. The van der Waals surface area contributed by atoms with Gasteiger partial charge in [-0.2, -0.15) is 0 Å². The van der Waals surface area contributed by atoms with Gasteiger partial charge in [-0.15, -0.1) is 0 Å². The molecule has 0 aromatic heterocycles. The Morgan fingerprint density at radius 2 is 1.93 bits per heavy atom. The zero-order valence-corrected chi connectivity index (χ0v) is 10.7. The van der Waals surface area contributed by atoms with Gasteiger partial charge in [-0.3, -0.25) is 4.79 Å². The van der Waals surface area contributed by atoms with Crippen molar-refractivity contribution in [3.63, 3.8) is 0 Å². The fourth-order valence-electron chi connectivity index (χ4n) is 1.33. The minimum atomic E-state index is -0.301. The van der Waals surface area contributed by atoms with Gasteiger partial charge in [-0.1, -0.05) is 27.7 Å². The number of nitrogens with one attached hydrogen (secondary N) is 1. The standard InChI is InChI=1S/C12H25NO2/c1-6-8-15-10(9-12(3,4)5)11(14)13-7-2/h10H,6-9H2,1-5H3,(H,13,14). The third kappa shape index (κ3) is 7.37. The Hall–Kier alpha value is -0.570. The first-order valence-corrected chi connectivity index (χ1v) is 5.80. The molecule has 15 heavy (non-hydrogen) atoms. The highest BCUT2D eigenvalue weighted by molar-refractivity contribution is 5.80. The minimum Gasteiger partial charge on any atom is -0.368 e. The number of ether oxygens (including phenoxy) is 1. The van der Waals surface area contributed by atoms with Crippen molar-refractivity contribution in [1.29, 1.82) is 0 Å². The molecule has 90 valence electrons. The highest BCUT2D eigenvalue weighted by Crippen LogP contribution is 2.22. The van der Waals surface area contributed by atoms with Crippen LogP contribution in [0.25, 0.3) is 0 Å². The molecule has 1 N–H and O–H groups in total. The van der Waals surface area contributed by atoms with Crippen molar-refractivity contribution >= 4 is 5.91 Å². The summed E-state index contributed by atoms with van der Waals surface area (Å²) in [6.07, 6.45) is 1.41. The van der Waals surface area contributed by atoms with Crippen LogP contribution in [0.4, 0.5) is 0 Å². The summed E-state index contributed by atoms with van der Waals surface area (Å²) in [5, 5.41) is 2.81. The predicted octanol–water partition coefficient (Wildman–Crippen LogP) is 2.35. The maximum absolute atomic E-state index is 11.7. The lowest BCUT2D eigenvalue weighted by Gasteiger charge is -2.25. The molecule has 0 aromatic rings. The van der Waals surface area contributed by atoms with Gasteiger partial charge in [0.05, 0.1) is 0 Å². The van der Waals surface area contributed by atoms with Crippen molar-refractivity contribution in [2.45, 2.75) is 53.6 Å². The number of hydrogen-bond acceptors (Lipinski definition) is 2. The monoisotopic (exact) mass is 215 g/mol. The van der Waals surface area contributed by atoms with E-state index in [1.54, 1.807) is 0 Å². The molecule has 0 saturated heterocycles. The van der Waals surface area contributed by atoms with E-state index in [1.807, 2.05) is 13.8 Å². The van der Waals surface area contributed by atoms with Crippen LogP contribution in [0.5, 0.6) is 0 Å². The normalized spacial score (nSPS) is 13.7. The van der Waals surface area contributed by atoms with E-state index in [0.29, 0.717) is 13.2 Å². The van der Waals surface area contributed by atoms with E-state index in [4.69, 9.17) is 4.74 Å². The maximum Gasteiger partial charge on any atom is 0.249 e. The van der Waals surface area contributed by atoms with Crippen LogP contribution in [0, 0.1) is 5.41 Å². The summed E-state index contributed by atoms with van der Waals surface area (Å²) in [7, 11) is 0. The van der Waals surface area contributed by atoms with Crippen LogP contribution in [0.15, 0.2) is 0 Å². The number of hydrogen-bond donors (Lipinski definition) is 1. The summed E-state index contributed by atoms with van der Waals surface area (Å²) in [6.45, 7) is 11.6. The Morgan fingerprint density at radius 3 is 2.33 bits per heavy atom. The smallest absolute Gasteiger partial charge is 0.249 e. The Balaban J connectivity index is 4.23. The molecule has 0 rings (SSSR count). The molecular formula is C12H25NO2. The first kappa shape index (κ1) is 14.4. The van der Waals surface area contributed by atoms with Crippen molar-refractivity contribution < 1.29 is 9.53 Å². The molecule has 3 nitrogen and oxygen atoms in total. The van der Waals surface area contributed by atoms with E-state index >= 15 is 0 Å². The van der Waals surface area contributed by atoms with Crippen molar-refractivity contribution in [3.8, 4) is 0 Å². The van der Waals surface area contributed by atoms with E-state index in [-0.39, 0.29) is 17.4 Å². The molecule has 0 aliphatic heterocycles. The molecule has 1 amide bonds. The quantitative estimate of drug-likeness (QED) is 0.738. The van der Waals surface area contributed by atoms with Gasteiger partial charge in [-0.05, 0) is 25.2 Å². The second-order valence-corrected chi connectivity index (χ2v) is 5.02. The topological polar surface area (TPSA) is 38.3 Å². The van der Waals surface area contributed by atoms with E-state index in [2.05, 4.69) is 26.1 Å². The van der Waals surface area contributed by atoms with Crippen LogP contribution in [0.2, 0.25) is 0 Å². The first-order valence-electron chi connectivity index (χ1n) is 5.80. The Bertz CT molecular complexity index is 185. The summed E-state index contributed by atoms with van der Waals surface area (Å²) in [5.41, 5.74) is 0.115. The summed E-state index contributed by atoms with van der Waals surface area (Å²) in [6, 6.07) is 0. The van der Waals surface area contributed by atoms with Gasteiger partial charge >= 0.3 is 0 Å². The average molecular weight is 215 g/mol. The summed E-state index contributed by atoms with van der Waals surface area (Å²) in [5.74, 6) is 0.0147. The third-order valence-electron chi connectivity index (χ3n) is 1.96. The zero-order chi connectivity index (χ0) is 11.9. The van der Waals surface area contributed by atoms with E-state index in [9.17, 15) is 4.79 Å². The van der Waals surface area contributed by atoms with Gasteiger partial charge in [0.25, 0.3) is 0 Å². The van der Waals surface area contributed by atoms with Crippen LogP contribution >= 0.6 is 0 Å². The SMILES string of the molecule is CCCOC(CC(C)(C)C)C(=O)NCC. The largest absolute Gasteiger partial charge is 0.368 e. The Kier molecular flexibility index (Phi) is 6.57. The summed E-state index contributed by atoms with van der Waals surface area (Å²) < 4.78 is 5.57. The molecule has 1 unspecified atom stereocenters. The van der Waals surface area contributed by atoms with Crippen LogP contribution in [0.1, 0.15) is 47.5 Å². The van der Waals surface area contributed by atoms with Crippen molar-refractivity contribution in [2.24, 2.45) is 5.41 Å². The molecule has 0 aromatic carbocycles. The first-order chi connectivity index (χ1) is 6.90. The highest BCUT2D eigenvalue weighted by Gasteiger charge is 2.24. The fourth-order valence-corrected chi connectivity index (χ4v) is 1.33. The van der Waals surface area contributed by atoms with Gasteiger partial charge in [0.1, 0.15) is 6.10 Å². The second-order valence-electron chi connectivity index (χ2n) is 5.02. The third-order valence-corrected chi connectivity index (χ3v) is 1.96. The van der Waals surface area contributed by atoms with E-state index in [1.165, 1.54) is 0 Å². The molecule has 0 bridgehead atoms. The van der Waals surface area contributed by atoms with Crippen LogP contribution < -0.4 is 5.32 Å². The van der Waals surface area contributed by atoms with E-state index < -0.39 is 0 Å². The lowest BCUT2D eigenvalue weighted by molar-refractivity contribution is -0.134. The zero-order valence-electron chi connectivity index (χ0n) is 10.7. The summed E-state index contributed by atoms with van der Waals surface area (Å²) in [4.78, 5) is 11.7. The number of rotatable bonds is 6. The number of carbonyl (C=O) groups excluding carboxylic acids is 1. The molecule has 3 heteroatoms. The molecule has 0 heterocycles. The fraction of sp³-hybridized carbons (Fsp3) is 0.917. The van der Waals surface area contributed by atoms with Crippen LogP contribution in [-0.4, -0.2) is 25.2 Å². The van der Waals surface area contributed by atoms with Gasteiger partial charge in [0, 0.05) is 13.2 Å². The average Bonchev–Trinajstić information content (AvgIpc) is 2.10. The van der Waals surface area contributed by atoms with Gasteiger partial charge in [0.2, 0.25) is 5.91 Å². The van der Waals surface area contributed by atoms with Gasteiger partial charge in [0.15, 0.2) is 0 Å². The second kappa shape index (κ2) is 6.83. The molecule has 0 radical (unpaired) electrons. The number of amides is 1. The number of carbonyl (C=O) groups is 1. The maximum atomic E-state index is 11.7. The van der Waals surface area contributed by atoms with Crippen molar-refractivity contribution in [2.75, 3.05) is 13.2 Å². The Morgan fingerprint density at radius 1 is 1.33 bits per heavy atom. The Labute approximate surface area is 93.6 Å². The molecule has 0 fully saturated rings. The predicted molar refractivity (Wildman–Crippen MR) is 62.8 cm³/mol. The highest BCUT2D eigenvalue weighted by atomic mass is 16.5.